The molecular formula is C15H20N4S. The van der Waals surface area contributed by atoms with E-state index in [1.807, 2.05) is 0 Å². The molecule has 0 aliphatic heterocycles. The molecule has 3 rings (SSSR count). The van der Waals surface area contributed by atoms with Crippen LogP contribution in [-0.2, 0) is 13.0 Å². The SMILES string of the molecule is NCc1nnc(SCCCc2ccccc2)n1C1CC1. The van der Waals surface area contributed by atoms with Crippen molar-refractivity contribution in [3.63, 3.8) is 0 Å². The molecule has 0 amide bonds. The van der Waals surface area contributed by atoms with E-state index in [-0.39, 0.29) is 0 Å². The number of hydrogen-bond acceptors (Lipinski definition) is 4. The molecule has 2 aromatic rings. The summed E-state index contributed by atoms with van der Waals surface area (Å²) in [5.41, 5.74) is 7.13. The predicted octanol–water partition coefficient (Wildman–Crippen LogP) is 2.80. The summed E-state index contributed by atoms with van der Waals surface area (Å²) in [4.78, 5) is 0. The number of thioether (sulfide) groups is 1. The molecule has 1 aromatic carbocycles. The van der Waals surface area contributed by atoms with E-state index in [1.165, 1.54) is 18.4 Å². The van der Waals surface area contributed by atoms with Crippen LogP contribution in [0.2, 0.25) is 0 Å². The normalized spacial score (nSPS) is 14.7. The molecule has 1 aliphatic carbocycles. The Labute approximate surface area is 123 Å². The molecule has 20 heavy (non-hydrogen) atoms. The summed E-state index contributed by atoms with van der Waals surface area (Å²) in [5, 5.41) is 9.53. The van der Waals surface area contributed by atoms with Crippen molar-refractivity contribution in [1.29, 1.82) is 0 Å². The van der Waals surface area contributed by atoms with Crippen molar-refractivity contribution in [2.45, 2.75) is 43.4 Å². The smallest absolute Gasteiger partial charge is 0.191 e. The number of aryl methyl sites for hydroxylation is 1. The molecule has 2 N–H and O–H groups in total. The van der Waals surface area contributed by atoms with Crippen LogP contribution in [0.3, 0.4) is 0 Å². The minimum absolute atomic E-state index is 0.480. The first kappa shape index (κ1) is 13.6. The lowest BCUT2D eigenvalue weighted by molar-refractivity contribution is 0.626. The van der Waals surface area contributed by atoms with Gasteiger partial charge in [-0.05, 0) is 31.2 Å². The standard InChI is InChI=1S/C15H20N4S/c16-11-14-17-18-15(19(14)13-8-9-13)20-10-4-7-12-5-2-1-3-6-12/h1-3,5-6,13H,4,7-11,16H2. The molecule has 1 heterocycles. The van der Waals surface area contributed by atoms with Crippen LogP contribution >= 0.6 is 11.8 Å². The molecule has 106 valence electrons. The van der Waals surface area contributed by atoms with Crippen LogP contribution in [0, 0.1) is 0 Å². The van der Waals surface area contributed by atoms with Crippen molar-refractivity contribution >= 4 is 11.8 Å². The van der Waals surface area contributed by atoms with Gasteiger partial charge in [-0.1, -0.05) is 42.1 Å². The molecule has 0 spiro atoms. The summed E-state index contributed by atoms with van der Waals surface area (Å²) in [5.74, 6) is 2.00. The van der Waals surface area contributed by atoms with E-state index in [0.717, 1.165) is 29.6 Å². The zero-order chi connectivity index (χ0) is 13.8. The van der Waals surface area contributed by atoms with Crippen LogP contribution in [-0.4, -0.2) is 20.5 Å². The quantitative estimate of drug-likeness (QED) is 0.629. The van der Waals surface area contributed by atoms with Gasteiger partial charge in [0.2, 0.25) is 0 Å². The molecule has 0 unspecified atom stereocenters. The summed E-state index contributed by atoms with van der Waals surface area (Å²) in [6, 6.07) is 11.2. The van der Waals surface area contributed by atoms with Gasteiger partial charge in [-0.25, -0.2) is 0 Å². The Morgan fingerprint density at radius 2 is 2.00 bits per heavy atom. The van der Waals surface area contributed by atoms with Crippen LogP contribution in [0.1, 0.15) is 36.7 Å². The fourth-order valence-corrected chi connectivity index (χ4v) is 3.29. The van der Waals surface area contributed by atoms with Gasteiger partial charge in [0.1, 0.15) is 5.82 Å². The first-order valence-electron chi connectivity index (χ1n) is 7.19. The third-order valence-corrected chi connectivity index (χ3v) is 4.54. The molecule has 4 nitrogen and oxygen atoms in total. The molecule has 0 saturated heterocycles. The molecule has 5 heteroatoms. The van der Waals surface area contributed by atoms with E-state index in [1.54, 1.807) is 11.8 Å². The average Bonchev–Trinajstić information content (AvgIpc) is 3.25. The van der Waals surface area contributed by atoms with E-state index in [0.29, 0.717) is 12.6 Å². The zero-order valence-electron chi connectivity index (χ0n) is 11.5. The number of rotatable bonds is 7. The topological polar surface area (TPSA) is 56.7 Å². The van der Waals surface area contributed by atoms with Crippen LogP contribution in [0.5, 0.6) is 0 Å². The van der Waals surface area contributed by atoms with Crippen LogP contribution in [0.4, 0.5) is 0 Å². The second-order valence-corrected chi connectivity index (χ2v) is 6.20. The van der Waals surface area contributed by atoms with Gasteiger partial charge in [0.05, 0.1) is 6.54 Å². The van der Waals surface area contributed by atoms with Gasteiger partial charge in [0.15, 0.2) is 5.16 Å². The Balaban J connectivity index is 1.52. The third kappa shape index (κ3) is 3.22. The first-order valence-corrected chi connectivity index (χ1v) is 8.17. The van der Waals surface area contributed by atoms with Gasteiger partial charge in [-0.2, -0.15) is 0 Å². The third-order valence-electron chi connectivity index (χ3n) is 3.51. The fraction of sp³-hybridized carbons (Fsp3) is 0.467. The van der Waals surface area contributed by atoms with Crippen molar-refractivity contribution in [3.8, 4) is 0 Å². The van der Waals surface area contributed by atoms with E-state index in [2.05, 4.69) is 45.1 Å². The second-order valence-electron chi connectivity index (χ2n) is 5.14. The lowest BCUT2D eigenvalue weighted by Gasteiger charge is -2.07. The average molecular weight is 288 g/mol. The van der Waals surface area contributed by atoms with Crippen LogP contribution < -0.4 is 5.73 Å². The Morgan fingerprint density at radius 3 is 2.70 bits per heavy atom. The van der Waals surface area contributed by atoms with Gasteiger partial charge in [0, 0.05) is 11.8 Å². The Bertz CT molecular complexity index is 548. The largest absolute Gasteiger partial charge is 0.324 e. The van der Waals surface area contributed by atoms with Gasteiger partial charge in [-0.3, -0.25) is 0 Å². The molecule has 0 radical (unpaired) electrons. The Hall–Kier alpha value is -1.33. The Morgan fingerprint density at radius 1 is 1.20 bits per heavy atom. The second kappa shape index (κ2) is 6.41. The molecular weight excluding hydrogens is 268 g/mol. The van der Waals surface area contributed by atoms with Crippen molar-refractivity contribution in [2.75, 3.05) is 5.75 Å². The molecule has 1 aromatic heterocycles. The number of aromatic nitrogens is 3. The highest BCUT2D eigenvalue weighted by atomic mass is 32.2. The minimum Gasteiger partial charge on any atom is -0.324 e. The number of nitrogens with two attached hydrogens (primary N) is 1. The summed E-state index contributed by atoms with van der Waals surface area (Å²) in [6.07, 6.45) is 4.75. The van der Waals surface area contributed by atoms with E-state index < -0.39 is 0 Å². The summed E-state index contributed by atoms with van der Waals surface area (Å²) in [7, 11) is 0. The molecule has 1 aliphatic rings. The molecule has 1 fully saturated rings. The van der Waals surface area contributed by atoms with Crippen LogP contribution in [0.25, 0.3) is 0 Å². The van der Waals surface area contributed by atoms with E-state index >= 15 is 0 Å². The van der Waals surface area contributed by atoms with Crippen LogP contribution in [0.15, 0.2) is 35.5 Å². The monoisotopic (exact) mass is 288 g/mol. The summed E-state index contributed by atoms with van der Waals surface area (Å²) >= 11 is 1.80. The highest BCUT2D eigenvalue weighted by Gasteiger charge is 2.28. The number of nitrogens with zero attached hydrogens (tertiary/aromatic N) is 3. The first-order chi connectivity index (χ1) is 9.88. The van der Waals surface area contributed by atoms with Crippen molar-refractivity contribution in [3.05, 3.63) is 41.7 Å². The number of hydrogen-bond donors (Lipinski definition) is 1. The van der Waals surface area contributed by atoms with E-state index in [9.17, 15) is 0 Å². The van der Waals surface area contributed by atoms with Gasteiger partial charge >= 0.3 is 0 Å². The lowest BCUT2D eigenvalue weighted by Crippen LogP contribution is -2.08. The van der Waals surface area contributed by atoms with Crippen molar-refractivity contribution in [2.24, 2.45) is 5.73 Å². The number of benzene rings is 1. The van der Waals surface area contributed by atoms with Gasteiger partial charge in [0.25, 0.3) is 0 Å². The van der Waals surface area contributed by atoms with Crippen molar-refractivity contribution in [1.82, 2.24) is 14.8 Å². The predicted molar refractivity (Wildman–Crippen MR) is 81.7 cm³/mol. The van der Waals surface area contributed by atoms with E-state index in [4.69, 9.17) is 5.73 Å². The maximum atomic E-state index is 5.73. The minimum atomic E-state index is 0.480. The van der Waals surface area contributed by atoms with Gasteiger partial charge < -0.3 is 10.3 Å². The van der Waals surface area contributed by atoms with Gasteiger partial charge in [-0.15, -0.1) is 10.2 Å². The summed E-state index contributed by atoms with van der Waals surface area (Å²) in [6.45, 7) is 0.480. The summed E-state index contributed by atoms with van der Waals surface area (Å²) < 4.78 is 2.24. The van der Waals surface area contributed by atoms with Crippen molar-refractivity contribution < 1.29 is 0 Å². The maximum Gasteiger partial charge on any atom is 0.191 e. The lowest BCUT2D eigenvalue weighted by atomic mass is 10.1. The molecule has 0 atom stereocenters. The fourth-order valence-electron chi connectivity index (χ4n) is 2.33. The highest BCUT2D eigenvalue weighted by molar-refractivity contribution is 7.99. The highest BCUT2D eigenvalue weighted by Crippen LogP contribution is 2.38. The molecule has 0 bridgehead atoms. The Kier molecular flexibility index (Phi) is 4.38. The molecule has 1 saturated carbocycles. The maximum absolute atomic E-state index is 5.73. The zero-order valence-corrected chi connectivity index (χ0v) is 12.4.